The molecule has 144 valence electrons. The zero-order valence-electron chi connectivity index (χ0n) is 15.9. The maximum atomic E-state index is 5.79. The van der Waals surface area contributed by atoms with Crippen LogP contribution in [0.3, 0.4) is 0 Å². The van der Waals surface area contributed by atoms with Crippen LogP contribution in [0.15, 0.2) is 41.5 Å². The van der Waals surface area contributed by atoms with E-state index < -0.39 is 0 Å². The number of rotatable bonds is 8. The quantitative estimate of drug-likeness (QED) is 0.423. The Balaban J connectivity index is 1.74. The Hall–Kier alpha value is -2.64. The molecule has 0 spiro atoms. The van der Waals surface area contributed by atoms with E-state index >= 15 is 0 Å². The topological polar surface area (TPSA) is 71.0 Å². The number of aryl methyl sites for hydroxylation is 1. The Labute approximate surface area is 160 Å². The van der Waals surface area contributed by atoms with E-state index in [0.29, 0.717) is 12.5 Å². The molecule has 3 rings (SSSR count). The lowest BCUT2D eigenvalue weighted by Crippen LogP contribution is -2.36. The lowest BCUT2D eigenvalue weighted by molar-refractivity contribution is 0.122. The molecule has 2 aromatic rings. The van der Waals surface area contributed by atoms with E-state index in [1.807, 2.05) is 37.4 Å². The van der Waals surface area contributed by atoms with Crippen LogP contribution in [0.1, 0.15) is 11.3 Å². The Kier molecular flexibility index (Phi) is 7.01. The van der Waals surface area contributed by atoms with Gasteiger partial charge in [-0.15, -0.1) is 0 Å². The highest BCUT2D eigenvalue weighted by molar-refractivity contribution is 5.80. The molecule has 1 aromatic carbocycles. The molecule has 0 unspecified atom stereocenters. The molecule has 27 heavy (non-hydrogen) atoms. The van der Waals surface area contributed by atoms with Gasteiger partial charge in [0.25, 0.3) is 0 Å². The summed E-state index contributed by atoms with van der Waals surface area (Å²) in [5.41, 5.74) is 7.00. The van der Waals surface area contributed by atoms with E-state index in [2.05, 4.69) is 38.7 Å². The summed E-state index contributed by atoms with van der Waals surface area (Å²) < 4.78 is 11.2. The Morgan fingerprint density at radius 1 is 1.26 bits per heavy atom. The van der Waals surface area contributed by atoms with Crippen molar-refractivity contribution in [2.45, 2.75) is 6.92 Å². The summed E-state index contributed by atoms with van der Waals surface area (Å²) in [7, 11) is 1.90. The molecule has 2 heterocycles. The van der Waals surface area contributed by atoms with Crippen molar-refractivity contribution in [1.82, 2.24) is 10.3 Å². The van der Waals surface area contributed by atoms with Crippen molar-refractivity contribution in [3.8, 4) is 5.88 Å². The number of nitrogens with one attached hydrogen (secondary N) is 2. The maximum Gasteiger partial charge on any atom is 0.215 e. The van der Waals surface area contributed by atoms with Gasteiger partial charge in [0.05, 0.1) is 30.8 Å². The van der Waals surface area contributed by atoms with Crippen LogP contribution in [0.2, 0.25) is 0 Å². The third-order valence-electron chi connectivity index (χ3n) is 4.19. The monoisotopic (exact) mass is 369 g/mol. The van der Waals surface area contributed by atoms with Crippen molar-refractivity contribution in [2.24, 2.45) is 5.10 Å². The van der Waals surface area contributed by atoms with Crippen molar-refractivity contribution in [1.29, 1.82) is 0 Å². The molecule has 1 aliphatic rings. The van der Waals surface area contributed by atoms with Crippen LogP contribution in [0.5, 0.6) is 5.88 Å². The zero-order chi connectivity index (χ0) is 18.9. The molecular weight excluding hydrogens is 342 g/mol. The van der Waals surface area contributed by atoms with Crippen LogP contribution in [0, 0.1) is 6.92 Å². The molecule has 7 heteroatoms. The van der Waals surface area contributed by atoms with E-state index in [1.54, 1.807) is 6.21 Å². The minimum absolute atomic E-state index is 0.564. The van der Waals surface area contributed by atoms with Crippen LogP contribution in [0.25, 0.3) is 0 Å². The van der Waals surface area contributed by atoms with Crippen LogP contribution in [-0.4, -0.2) is 57.7 Å². The summed E-state index contributed by atoms with van der Waals surface area (Å²) in [6, 6.07) is 12.1. The predicted octanol–water partition coefficient (Wildman–Crippen LogP) is 2.27. The van der Waals surface area contributed by atoms with Gasteiger partial charge in [0.15, 0.2) is 0 Å². The first-order valence-electron chi connectivity index (χ1n) is 9.22. The van der Waals surface area contributed by atoms with Crippen molar-refractivity contribution >= 4 is 17.6 Å². The van der Waals surface area contributed by atoms with Gasteiger partial charge in [0.2, 0.25) is 5.88 Å². The van der Waals surface area contributed by atoms with Crippen molar-refractivity contribution in [3.05, 3.63) is 47.7 Å². The van der Waals surface area contributed by atoms with Crippen molar-refractivity contribution in [2.75, 3.05) is 56.8 Å². The highest BCUT2D eigenvalue weighted by Crippen LogP contribution is 2.22. The summed E-state index contributed by atoms with van der Waals surface area (Å²) in [5.74, 6) is 0.603. The van der Waals surface area contributed by atoms with E-state index in [9.17, 15) is 0 Å². The number of hydrogen-bond donors (Lipinski definition) is 2. The number of hydrazone groups is 1. The number of nitrogens with zero attached hydrogens (tertiary/aromatic N) is 3. The first-order valence-corrected chi connectivity index (χ1v) is 9.22. The molecule has 0 atom stereocenters. The molecule has 1 saturated heterocycles. The highest BCUT2D eigenvalue weighted by atomic mass is 16.5. The first-order chi connectivity index (χ1) is 13.2. The fourth-order valence-corrected chi connectivity index (χ4v) is 2.80. The zero-order valence-corrected chi connectivity index (χ0v) is 15.9. The number of anilines is 2. The molecular formula is C20H27N5O2. The number of aromatic nitrogens is 1. The second kappa shape index (κ2) is 9.89. The van der Waals surface area contributed by atoms with Crippen molar-refractivity contribution in [3.63, 3.8) is 0 Å². The fourth-order valence-electron chi connectivity index (χ4n) is 2.80. The predicted molar refractivity (Wildman–Crippen MR) is 109 cm³/mol. The van der Waals surface area contributed by atoms with E-state index in [0.717, 1.165) is 49.9 Å². The molecule has 0 bridgehead atoms. The van der Waals surface area contributed by atoms with Gasteiger partial charge in [-0.25, -0.2) is 4.98 Å². The number of pyridine rings is 1. The lowest BCUT2D eigenvalue weighted by Gasteiger charge is -2.29. The van der Waals surface area contributed by atoms with Crippen LogP contribution in [0.4, 0.5) is 11.4 Å². The van der Waals surface area contributed by atoms with Crippen LogP contribution < -0.4 is 20.4 Å². The molecule has 0 amide bonds. The van der Waals surface area contributed by atoms with Gasteiger partial charge in [-0.05, 0) is 37.7 Å². The number of benzene rings is 1. The van der Waals surface area contributed by atoms with Gasteiger partial charge in [-0.2, -0.15) is 5.10 Å². The average Bonchev–Trinajstić information content (AvgIpc) is 2.69. The SMILES string of the molecule is CNCCOc1cc(N2CCOCC2)cc(C=NNc2cccc(C)c2)n1. The van der Waals surface area contributed by atoms with Gasteiger partial charge in [-0.3, -0.25) is 5.43 Å². The number of hydrogen-bond acceptors (Lipinski definition) is 7. The molecule has 0 radical (unpaired) electrons. The number of morpholine rings is 1. The minimum Gasteiger partial charge on any atom is -0.476 e. The van der Waals surface area contributed by atoms with Crippen LogP contribution in [-0.2, 0) is 4.74 Å². The molecule has 0 aliphatic carbocycles. The second-order valence-corrected chi connectivity index (χ2v) is 6.38. The van der Waals surface area contributed by atoms with Gasteiger partial charge in [0, 0.05) is 31.4 Å². The first kappa shape index (κ1) is 19.1. The highest BCUT2D eigenvalue weighted by Gasteiger charge is 2.13. The summed E-state index contributed by atoms with van der Waals surface area (Å²) in [6.07, 6.45) is 1.72. The Morgan fingerprint density at radius 2 is 2.11 bits per heavy atom. The smallest absolute Gasteiger partial charge is 0.215 e. The average molecular weight is 369 g/mol. The number of ether oxygens (including phenoxy) is 2. The summed E-state index contributed by atoms with van der Waals surface area (Å²) >= 11 is 0. The fraction of sp³-hybridized carbons (Fsp3) is 0.400. The minimum atomic E-state index is 0.564. The number of likely N-dealkylation sites (N-methyl/N-ethyl adjacent to an activating group) is 1. The molecule has 1 aliphatic heterocycles. The standard InChI is InChI=1S/C20H27N5O2/c1-16-4-3-5-17(12-16)24-22-15-18-13-19(25-7-10-26-11-8-25)14-20(23-18)27-9-6-21-2/h3-5,12-15,21,24H,6-11H2,1-2H3. The van der Waals surface area contributed by atoms with E-state index in [-0.39, 0.29) is 0 Å². The Morgan fingerprint density at radius 3 is 2.89 bits per heavy atom. The summed E-state index contributed by atoms with van der Waals surface area (Å²) in [6.45, 7) is 6.57. The van der Waals surface area contributed by atoms with Crippen LogP contribution >= 0.6 is 0 Å². The van der Waals surface area contributed by atoms with Gasteiger partial charge in [-0.1, -0.05) is 12.1 Å². The van der Waals surface area contributed by atoms with Gasteiger partial charge >= 0.3 is 0 Å². The molecule has 1 aromatic heterocycles. The summed E-state index contributed by atoms with van der Waals surface area (Å²) in [4.78, 5) is 6.83. The molecule has 1 fully saturated rings. The molecule has 2 N–H and O–H groups in total. The summed E-state index contributed by atoms with van der Waals surface area (Å²) in [5, 5.41) is 7.40. The van der Waals surface area contributed by atoms with Gasteiger partial charge in [0.1, 0.15) is 6.61 Å². The van der Waals surface area contributed by atoms with Crippen molar-refractivity contribution < 1.29 is 9.47 Å². The van der Waals surface area contributed by atoms with Gasteiger partial charge < -0.3 is 19.7 Å². The lowest BCUT2D eigenvalue weighted by atomic mass is 10.2. The second-order valence-electron chi connectivity index (χ2n) is 6.38. The molecule has 7 nitrogen and oxygen atoms in total. The third kappa shape index (κ3) is 5.94. The largest absolute Gasteiger partial charge is 0.476 e. The third-order valence-corrected chi connectivity index (χ3v) is 4.19. The van der Waals surface area contributed by atoms with E-state index in [4.69, 9.17) is 9.47 Å². The Bertz CT molecular complexity index is 760. The van der Waals surface area contributed by atoms with E-state index in [1.165, 1.54) is 5.56 Å². The maximum absolute atomic E-state index is 5.79. The molecule has 0 saturated carbocycles. The normalized spacial score (nSPS) is 14.5.